The number of hydrogen-bond donors (Lipinski definition) is 0. The number of nitroso groups, excluding NO2 is 1. The SMILES string of the molecule is COC1=CCC(N=O)C=C1. The van der Waals surface area contributed by atoms with Gasteiger partial charge in [-0.05, 0) is 18.6 Å². The maximum absolute atomic E-state index is 9.98. The second kappa shape index (κ2) is 3.15. The fraction of sp³-hybridized carbons (Fsp3) is 0.429. The molecule has 3 nitrogen and oxygen atoms in total. The van der Waals surface area contributed by atoms with E-state index in [-0.39, 0.29) is 6.04 Å². The Hall–Kier alpha value is -1.12. The van der Waals surface area contributed by atoms with E-state index in [2.05, 4.69) is 5.18 Å². The lowest BCUT2D eigenvalue weighted by molar-refractivity contribution is 0.303. The van der Waals surface area contributed by atoms with Crippen LogP contribution in [-0.4, -0.2) is 13.2 Å². The lowest BCUT2D eigenvalue weighted by Gasteiger charge is -2.07. The Balaban J connectivity index is 2.54. The quantitative estimate of drug-likeness (QED) is 0.545. The van der Waals surface area contributed by atoms with Crippen molar-refractivity contribution < 1.29 is 4.74 Å². The van der Waals surface area contributed by atoms with Crippen LogP contribution >= 0.6 is 0 Å². The Kier molecular flexibility index (Phi) is 2.20. The van der Waals surface area contributed by atoms with E-state index in [1.54, 1.807) is 19.3 Å². The highest BCUT2D eigenvalue weighted by Gasteiger charge is 2.07. The molecule has 10 heavy (non-hydrogen) atoms. The molecule has 0 saturated carbocycles. The standard InChI is InChI=1S/C7H9NO2/c1-10-7-4-2-6(8-9)3-5-7/h2,4-6H,3H2,1H3. The molecule has 0 fully saturated rings. The van der Waals surface area contributed by atoms with Crippen molar-refractivity contribution in [2.75, 3.05) is 7.11 Å². The van der Waals surface area contributed by atoms with E-state index >= 15 is 0 Å². The van der Waals surface area contributed by atoms with Gasteiger partial charge in [0.25, 0.3) is 0 Å². The summed E-state index contributed by atoms with van der Waals surface area (Å²) in [7, 11) is 1.60. The average Bonchev–Trinajstić information content (AvgIpc) is 2.05. The van der Waals surface area contributed by atoms with E-state index in [9.17, 15) is 4.91 Å². The zero-order valence-corrected chi connectivity index (χ0v) is 5.78. The van der Waals surface area contributed by atoms with Crippen LogP contribution in [0.3, 0.4) is 0 Å². The zero-order chi connectivity index (χ0) is 7.40. The van der Waals surface area contributed by atoms with Crippen molar-refractivity contribution in [1.29, 1.82) is 0 Å². The van der Waals surface area contributed by atoms with Crippen molar-refractivity contribution in [3.63, 3.8) is 0 Å². The molecule has 54 valence electrons. The molecule has 0 spiro atoms. The highest BCUT2D eigenvalue weighted by Crippen LogP contribution is 2.12. The van der Waals surface area contributed by atoms with E-state index in [0.29, 0.717) is 6.42 Å². The van der Waals surface area contributed by atoms with Crippen LogP contribution in [0.1, 0.15) is 6.42 Å². The summed E-state index contributed by atoms with van der Waals surface area (Å²) in [5, 5.41) is 2.88. The van der Waals surface area contributed by atoms with Gasteiger partial charge in [0.2, 0.25) is 0 Å². The van der Waals surface area contributed by atoms with Gasteiger partial charge in [0.15, 0.2) is 0 Å². The van der Waals surface area contributed by atoms with Gasteiger partial charge in [-0.1, -0.05) is 11.3 Å². The molecule has 1 atom stereocenters. The van der Waals surface area contributed by atoms with Crippen LogP contribution in [0.5, 0.6) is 0 Å². The van der Waals surface area contributed by atoms with Crippen molar-refractivity contribution in [3.05, 3.63) is 28.9 Å². The minimum atomic E-state index is -0.195. The number of nitrogens with zero attached hydrogens (tertiary/aromatic N) is 1. The first-order chi connectivity index (χ1) is 4.86. The van der Waals surface area contributed by atoms with Gasteiger partial charge in [-0.2, -0.15) is 4.91 Å². The fourth-order valence-electron chi connectivity index (χ4n) is 0.819. The Morgan fingerprint density at radius 1 is 1.80 bits per heavy atom. The minimum absolute atomic E-state index is 0.195. The maximum atomic E-state index is 9.98. The van der Waals surface area contributed by atoms with Gasteiger partial charge in [0.05, 0.1) is 7.11 Å². The van der Waals surface area contributed by atoms with Crippen LogP contribution in [0, 0.1) is 4.91 Å². The molecule has 1 aliphatic rings. The van der Waals surface area contributed by atoms with Gasteiger partial charge >= 0.3 is 0 Å². The lowest BCUT2D eigenvalue weighted by Crippen LogP contribution is -2.02. The largest absolute Gasteiger partial charge is 0.497 e. The number of methoxy groups -OCH3 is 1. The molecule has 0 N–H and O–H groups in total. The van der Waals surface area contributed by atoms with E-state index in [1.807, 2.05) is 6.08 Å². The van der Waals surface area contributed by atoms with Gasteiger partial charge in [-0.15, -0.1) is 0 Å². The van der Waals surface area contributed by atoms with Crippen molar-refractivity contribution in [2.45, 2.75) is 12.5 Å². The Morgan fingerprint density at radius 2 is 2.60 bits per heavy atom. The second-order valence-corrected chi connectivity index (χ2v) is 2.08. The maximum Gasteiger partial charge on any atom is 0.114 e. The molecular weight excluding hydrogens is 130 g/mol. The van der Waals surface area contributed by atoms with Gasteiger partial charge in [-0.25, -0.2) is 0 Å². The molecule has 0 radical (unpaired) electrons. The van der Waals surface area contributed by atoms with Gasteiger partial charge in [0.1, 0.15) is 11.8 Å². The summed E-state index contributed by atoms with van der Waals surface area (Å²) in [5.74, 6) is 0.805. The molecule has 0 bridgehead atoms. The molecule has 0 aromatic rings. The molecule has 3 heteroatoms. The molecule has 0 amide bonds. The second-order valence-electron chi connectivity index (χ2n) is 2.08. The highest BCUT2D eigenvalue weighted by molar-refractivity contribution is 5.20. The summed E-state index contributed by atoms with van der Waals surface area (Å²) in [5.41, 5.74) is 0. The van der Waals surface area contributed by atoms with Crippen LogP contribution in [0.25, 0.3) is 0 Å². The summed E-state index contributed by atoms with van der Waals surface area (Å²) in [6, 6.07) is -0.195. The summed E-state index contributed by atoms with van der Waals surface area (Å²) in [6.45, 7) is 0. The molecule has 0 aliphatic heterocycles. The smallest absolute Gasteiger partial charge is 0.114 e. The predicted molar refractivity (Wildman–Crippen MR) is 38.4 cm³/mol. The first-order valence-corrected chi connectivity index (χ1v) is 3.11. The van der Waals surface area contributed by atoms with Crippen LogP contribution in [0.15, 0.2) is 29.2 Å². The third-order valence-corrected chi connectivity index (χ3v) is 1.41. The summed E-state index contributed by atoms with van der Waals surface area (Å²) < 4.78 is 4.91. The van der Waals surface area contributed by atoms with Crippen LogP contribution < -0.4 is 0 Å². The van der Waals surface area contributed by atoms with E-state index in [4.69, 9.17) is 4.74 Å². The third-order valence-electron chi connectivity index (χ3n) is 1.41. The molecule has 0 aromatic carbocycles. The van der Waals surface area contributed by atoms with Crippen molar-refractivity contribution in [1.82, 2.24) is 0 Å². The van der Waals surface area contributed by atoms with E-state index < -0.39 is 0 Å². The van der Waals surface area contributed by atoms with E-state index in [0.717, 1.165) is 5.76 Å². The third kappa shape index (κ3) is 1.43. The van der Waals surface area contributed by atoms with Crippen LogP contribution in [0.4, 0.5) is 0 Å². The summed E-state index contributed by atoms with van der Waals surface area (Å²) in [6.07, 6.45) is 6.01. The number of hydrogen-bond acceptors (Lipinski definition) is 3. The number of allylic oxidation sites excluding steroid dienone is 1. The molecule has 1 rings (SSSR count). The molecule has 0 aromatic heterocycles. The summed E-state index contributed by atoms with van der Waals surface area (Å²) in [4.78, 5) is 9.98. The van der Waals surface area contributed by atoms with Gasteiger partial charge < -0.3 is 4.74 Å². The van der Waals surface area contributed by atoms with Gasteiger partial charge in [-0.3, -0.25) is 0 Å². The fourth-order valence-corrected chi connectivity index (χ4v) is 0.819. The first-order valence-electron chi connectivity index (χ1n) is 3.11. The number of rotatable bonds is 2. The highest BCUT2D eigenvalue weighted by atomic mass is 16.5. The van der Waals surface area contributed by atoms with Crippen molar-refractivity contribution in [2.24, 2.45) is 5.18 Å². The first kappa shape index (κ1) is 6.99. The Morgan fingerprint density at radius 3 is 3.00 bits per heavy atom. The topological polar surface area (TPSA) is 38.7 Å². The zero-order valence-electron chi connectivity index (χ0n) is 5.78. The molecule has 0 heterocycles. The molecular formula is C7H9NO2. The summed E-state index contributed by atoms with van der Waals surface area (Å²) >= 11 is 0. The van der Waals surface area contributed by atoms with Gasteiger partial charge in [0, 0.05) is 0 Å². The Labute approximate surface area is 59.4 Å². The van der Waals surface area contributed by atoms with E-state index in [1.165, 1.54) is 0 Å². The minimum Gasteiger partial charge on any atom is -0.497 e. The van der Waals surface area contributed by atoms with Crippen molar-refractivity contribution >= 4 is 0 Å². The molecule has 1 aliphatic carbocycles. The molecule has 1 unspecified atom stereocenters. The average molecular weight is 139 g/mol. The number of ether oxygens (including phenoxy) is 1. The Bertz CT molecular complexity index is 184. The predicted octanol–water partition coefficient (Wildman–Crippen LogP) is 1.61. The van der Waals surface area contributed by atoms with Crippen molar-refractivity contribution in [3.8, 4) is 0 Å². The molecule has 0 saturated heterocycles. The lowest BCUT2D eigenvalue weighted by atomic mass is 10.1. The monoisotopic (exact) mass is 139 g/mol. The van der Waals surface area contributed by atoms with Crippen LogP contribution in [0.2, 0.25) is 0 Å². The normalized spacial score (nSPS) is 23.7. The van der Waals surface area contributed by atoms with Crippen LogP contribution in [-0.2, 0) is 4.74 Å².